The Labute approximate surface area is 80.4 Å². The summed E-state index contributed by atoms with van der Waals surface area (Å²) in [5.74, 6) is 0.967. The Morgan fingerprint density at radius 1 is 1.31 bits per heavy atom. The van der Waals surface area contributed by atoms with E-state index in [0.717, 1.165) is 24.4 Å². The van der Waals surface area contributed by atoms with Gasteiger partial charge in [-0.15, -0.1) is 0 Å². The predicted molar refractivity (Wildman–Crippen MR) is 54.7 cm³/mol. The largest absolute Gasteiger partial charge is 0.241 e. The van der Waals surface area contributed by atoms with Crippen LogP contribution in [0.1, 0.15) is 45.6 Å². The molecule has 13 heavy (non-hydrogen) atoms. The van der Waals surface area contributed by atoms with Gasteiger partial charge in [-0.25, -0.2) is 9.97 Å². The lowest BCUT2D eigenvalue weighted by Crippen LogP contribution is -2.19. The van der Waals surface area contributed by atoms with Gasteiger partial charge in [-0.2, -0.15) is 0 Å². The number of hydrogen-bond acceptors (Lipinski definition) is 2. The van der Waals surface area contributed by atoms with Crippen LogP contribution in [0.2, 0.25) is 0 Å². The molecule has 0 aliphatic carbocycles. The van der Waals surface area contributed by atoms with Crippen molar-refractivity contribution in [3.05, 3.63) is 23.8 Å². The van der Waals surface area contributed by atoms with Gasteiger partial charge in [0.05, 0.1) is 0 Å². The molecule has 0 amide bonds. The monoisotopic (exact) mass is 178 g/mol. The number of aryl methyl sites for hydroxylation is 1. The summed E-state index contributed by atoms with van der Waals surface area (Å²) < 4.78 is 0. The number of nitrogens with zero attached hydrogens (tertiary/aromatic N) is 2. The van der Waals surface area contributed by atoms with Crippen LogP contribution in [0.25, 0.3) is 0 Å². The fourth-order valence-corrected chi connectivity index (χ4v) is 1.08. The van der Waals surface area contributed by atoms with E-state index in [1.807, 2.05) is 12.3 Å². The summed E-state index contributed by atoms with van der Waals surface area (Å²) in [4.78, 5) is 8.84. The summed E-state index contributed by atoms with van der Waals surface area (Å²) in [5.41, 5.74) is 1.23. The Bertz CT molecular complexity index is 279. The lowest BCUT2D eigenvalue weighted by atomic mass is 9.89. The van der Waals surface area contributed by atoms with Gasteiger partial charge in [-0.3, -0.25) is 0 Å². The van der Waals surface area contributed by atoms with Crippen molar-refractivity contribution in [3.8, 4) is 0 Å². The van der Waals surface area contributed by atoms with Gasteiger partial charge in [0, 0.05) is 17.3 Å². The molecule has 0 fully saturated rings. The van der Waals surface area contributed by atoms with E-state index in [9.17, 15) is 0 Å². The molecule has 0 spiro atoms. The van der Waals surface area contributed by atoms with E-state index < -0.39 is 0 Å². The average molecular weight is 178 g/mol. The fraction of sp³-hybridized carbons (Fsp3) is 0.636. The molecule has 0 bridgehead atoms. The molecule has 0 aliphatic heterocycles. The average Bonchev–Trinajstić information content (AvgIpc) is 2.18. The topological polar surface area (TPSA) is 25.8 Å². The van der Waals surface area contributed by atoms with E-state index in [1.165, 1.54) is 0 Å². The van der Waals surface area contributed by atoms with Crippen molar-refractivity contribution in [2.24, 2.45) is 0 Å². The first-order valence-corrected chi connectivity index (χ1v) is 4.92. The smallest absolute Gasteiger partial charge is 0.134 e. The number of hydrogen-bond donors (Lipinski definition) is 0. The zero-order chi connectivity index (χ0) is 9.90. The van der Waals surface area contributed by atoms with Gasteiger partial charge >= 0.3 is 0 Å². The summed E-state index contributed by atoms with van der Waals surface area (Å²) in [6.07, 6.45) is 3.91. The molecule has 1 aromatic heterocycles. The molecule has 0 N–H and O–H groups in total. The van der Waals surface area contributed by atoms with Gasteiger partial charge in [-0.1, -0.05) is 27.7 Å². The molecule has 0 atom stereocenters. The number of rotatable bonds is 3. The molecule has 0 aliphatic rings. The van der Waals surface area contributed by atoms with Gasteiger partial charge in [0.15, 0.2) is 0 Å². The zero-order valence-electron chi connectivity index (χ0n) is 8.96. The predicted octanol–water partition coefficient (Wildman–Crippen LogP) is 2.73. The lowest BCUT2D eigenvalue weighted by molar-refractivity contribution is 0.470. The quantitative estimate of drug-likeness (QED) is 0.711. The van der Waals surface area contributed by atoms with Crippen LogP contribution in [0.4, 0.5) is 0 Å². The van der Waals surface area contributed by atoms with E-state index in [0.29, 0.717) is 0 Å². The van der Waals surface area contributed by atoms with E-state index in [-0.39, 0.29) is 5.41 Å². The Morgan fingerprint density at radius 3 is 2.54 bits per heavy atom. The van der Waals surface area contributed by atoms with Crippen LogP contribution >= 0.6 is 0 Å². The highest BCUT2D eigenvalue weighted by molar-refractivity contribution is 5.09. The first-order chi connectivity index (χ1) is 6.10. The van der Waals surface area contributed by atoms with Gasteiger partial charge in [0.1, 0.15) is 5.82 Å². The van der Waals surface area contributed by atoms with Gasteiger partial charge in [0.25, 0.3) is 0 Å². The summed E-state index contributed by atoms with van der Waals surface area (Å²) in [5, 5.41) is 0. The van der Waals surface area contributed by atoms with Gasteiger partial charge in [-0.05, 0) is 18.9 Å². The van der Waals surface area contributed by atoms with E-state index in [1.54, 1.807) is 0 Å². The van der Waals surface area contributed by atoms with Crippen molar-refractivity contribution in [3.63, 3.8) is 0 Å². The van der Waals surface area contributed by atoms with Gasteiger partial charge < -0.3 is 0 Å². The van der Waals surface area contributed by atoms with Crippen LogP contribution < -0.4 is 0 Å². The summed E-state index contributed by atoms with van der Waals surface area (Å²) in [6, 6.07) is 1.98. The Balaban J connectivity index is 3.01. The highest BCUT2D eigenvalue weighted by Gasteiger charge is 2.21. The molecule has 0 aromatic carbocycles. The molecule has 0 unspecified atom stereocenters. The minimum Gasteiger partial charge on any atom is -0.241 e. The highest BCUT2D eigenvalue weighted by Crippen LogP contribution is 2.22. The SMILES string of the molecule is CCc1ccnc(C(C)(C)CC)n1. The van der Waals surface area contributed by atoms with Crippen molar-refractivity contribution in [2.75, 3.05) is 0 Å². The molecule has 0 saturated carbocycles. The Hall–Kier alpha value is -0.920. The molecule has 0 radical (unpaired) electrons. The van der Waals surface area contributed by atoms with E-state index >= 15 is 0 Å². The minimum atomic E-state index is 0.102. The standard InChI is InChI=1S/C11H18N2/c1-5-9-7-8-12-10(13-9)11(3,4)6-2/h7-8H,5-6H2,1-4H3. The number of aromatic nitrogens is 2. The van der Waals surface area contributed by atoms with Crippen LogP contribution in [0.3, 0.4) is 0 Å². The second-order valence-electron chi connectivity index (χ2n) is 3.96. The molecule has 2 heteroatoms. The van der Waals surface area contributed by atoms with Crippen LogP contribution in [0, 0.1) is 0 Å². The molecular formula is C11H18N2. The van der Waals surface area contributed by atoms with Crippen LogP contribution in [0.5, 0.6) is 0 Å². The minimum absolute atomic E-state index is 0.102. The van der Waals surface area contributed by atoms with Crippen LogP contribution in [0.15, 0.2) is 12.3 Å². The molecule has 72 valence electrons. The fourth-order valence-electron chi connectivity index (χ4n) is 1.08. The van der Waals surface area contributed by atoms with Crippen molar-refractivity contribution in [1.82, 2.24) is 9.97 Å². The zero-order valence-corrected chi connectivity index (χ0v) is 8.96. The maximum atomic E-state index is 4.52. The molecule has 2 nitrogen and oxygen atoms in total. The van der Waals surface area contributed by atoms with E-state index in [4.69, 9.17) is 0 Å². The molecule has 1 rings (SSSR count). The maximum absolute atomic E-state index is 4.52. The Morgan fingerprint density at radius 2 is 2.00 bits per heavy atom. The molecule has 1 aromatic rings. The third-order valence-corrected chi connectivity index (χ3v) is 2.56. The molecular weight excluding hydrogens is 160 g/mol. The molecule has 0 saturated heterocycles. The normalized spacial score (nSPS) is 11.7. The lowest BCUT2D eigenvalue weighted by Gasteiger charge is -2.20. The third-order valence-electron chi connectivity index (χ3n) is 2.56. The Kier molecular flexibility index (Phi) is 3.02. The summed E-state index contributed by atoms with van der Waals surface area (Å²) >= 11 is 0. The second kappa shape index (κ2) is 3.86. The summed E-state index contributed by atoms with van der Waals surface area (Å²) in [6.45, 7) is 8.65. The first kappa shape index (κ1) is 10.2. The molecule has 1 heterocycles. The van der Waals surface area contributed by atoms with Crippen molar-refractivity contribution < 1.29 is 0 Å². The van der Waals surface area contributed by atoms with Crippen molar-refractivity contribution in [1.29, 1.82) is 0 Å². The van der Waals surface area contributed by atoms with Crippen LogP contribution in [-0.4, -0.2) is 9.97 Å². The maximum Gasteiger partial charge on any atom is 0.134 e. The van der Waals surface area contributed by atoms with Gasteiger partial charge in [0.2, 0.25) is 0 Å². The van der Waals surface area contributed by atoms with Crippen molar-refractivity contribution >= 4 is 0 Å². The van der Waals surface area contributed by atoms with Crippen LogP contribution in [-0.2, 0) is 11.8 Å². The van der Waals surface area contributed by atoms with Crippen molar-refractivity contribution in [2.45, 2.75) is 46.0 Å². The van der Waals surface area contributed by atoms with E-state index in [2.05, 4.69) is 37.7 Å². The second-order valence-corrected chi connectivity index (χ2v) is 3.96. The summed E-state index contributed by atoms with van der Waals surface area (Å²) in [7, 11) is 0. The first-order valence-electron chi connectivity index (χ1n) is 4.92. The highest BCUT2D eigenvalue weighted by atomic mass is 14.9. The third kappa shape index (κ3) is 2.27.